The molecule has 0 bridgehead atoms. The first-order valence-corrected chi connectivity index (χ1v) is 4.68. The zero-order valence-electron chi connectivity index (χ0n) is 7.13. The van der Waals surface area contributed by atoms with Crippen LogP contribution >= 0.6 is 15.9 Å². The SMILES string of the molecule is OCCNCc1cccc(Br)c1.[Cl-]. The van der Waals surface area contributed by atoms with E-state index < -0.39 is 0 Å². The Morgan fingerprint density at radius 2 is 2.15 bits per heavy atom. The lowest BCUT2D eigenvalue weighted by atomic mass is 10.2. The standard InChI is InChI=1S/C9H12BrNO.ClH/c10-9-3-1-2-8(6-9)7-11-4-5-12;/h1-3,6,11-12H,4-5,7H2;1H/p-1. The molecule has 2 nitrogen and oxygen atoms in total. The second-order valence-corrected chi connectivity index (χ2v) is 3.45. The van der Waals surface area contributed by atoms with Crippen LogP contribution in [0.3, 0.4) is 0 Å². The molecular formula is C9H12BrClNO-. The largest absolute Gasteiger partial charge is 1.00 e. The molecule has 0 atom stereocenters. The maximum absolute atomic E-state index is 8.53. The van der Waals surface area contributed by atoms with E-state index in [0.717, 1.165) is 11.0 Å². The lowest BCUT2D eigenvalue weighted by Crippen LogP contribution is -3.00. The van der Waals surface area contributed by atoms with Crippen molar-refractivity contribution in [3.8, 4) is 0 Å². The highest BCUT2D eigenvalue weighted by molar-refractivity contribution is 9.10. The lowest BCUT2D eigenvalue weighted by Gasteiger charge is -2.02. The van der Waals surface area contributed by atoms with E-state index in [9.17, 15) is 0 Å². The van der Waals surface area contributed by atoms with E-state index in [1.807, 2.05) is 12.1 Å². The summed E-state index contributed by atoms with van der Waals surface area (Å²) >= 11 is 3.39. The molecule has 4 heteroatoms. The van der Waals surface area contributed by atoms with E-state index in [4.69, 9.17) is 5.11 Å². The van der Waals surface area contributed by atoms with Crippen molar-refractivity contribution in [2.45, 2.75) is 6.54 Å². The van der Waals surface area contributed by atoms with Gasteiger partial charge in [0.15, 0.2) is 0 Å². The third-order valence-corrected chi connectivity index (χ3v) is 2.00. The summed E-state index contributed by atoms with van der Waals surface area (Å²) in [6.07, 6.45) is 0. The topological polar surface area (TPSA) is 32.3 Å². The molecule has 0 unspecified atom stereocenters. The summed E-state index contributed by atoms with van der Waals surface area (Å²) in [5, 5.41) is 11.6. The average Bonchev–Trinajstić information content (AvgIpc) is 2.05. The van der Waals surface area contributed by atoms with Crippen LogP contribution in [0.25, 0.3) is 0 Å². The van der Waals surface area contributed by atoms with Gasteiger partial charge in [0.2, 0.25) is 0 Å². The summed E-state index contributed by atoms with van der Waals surface area (Å²) in [6.45, 7) is 1.64. The molecule has 0 aromatic heterocycles. The molecule has 1 aromatic rings. The maximum Gasteiger partial charge on any atom is 0.0556 e. The van der Waals surface area contributed by atoms with Gasteiger partial charge in [-0.1, -0.05) is 28.1 Å². The smallest absolute Gasteiger partial charge is 0.0556 e. The van der Waals surface area contributed by atoms with Crippen molar-refractivity contribution in [3.63, 3.8) is 0 Å². The molecule has 0 aliphatic rings. The number of aliphatic hydroxyl groups is 1. The van der Waals surface area contributed by atoms with Crippen molar-refractivity contribution in [3.05, 3.63) is 34.3 Å². The normalized spacial score (nSPS) is 9.38. The highest BCUT2D eigenvalue weighted by Crippen LogP contribution is 2.10. The van der Waals surface area contributed by atoms with Crippen LogP contribution in [0.15, 0.2) is 28.7 Å². The van der Waals surface area contributed by atoms with Gasteiger partial charge in [-0.15, -0.1) is 0 Å². The molecule has 2 N–H and O–H groups in total. The first-order chi connectivity index (χ1) is 5.83. The van der Waals surface area contributed by atoms with E-state index in [-0.39, 0.29) is 19.0 Å². The van der Waals surface area contributed by atoms with Gasteiger partial charge in [-0.2, -0.15) is 0 Å². The molecule has 13 heavy (non-hydrogen) atoms. The summed E-state index contributed by atoms with van der Waals surface area (Å²) < 4.78 is 1.09. The van der Waals surface area contributed by atoms with Gasteiger partial charge in [0.1, 0.15) is 0 Å². The fourth-order valence-electron chi connectivity index (χ4n) is 0.959. The van der Waals surface area contributed by atoms with Crippen LogP contribution in [0.2, 0.25) is 0 Å². The van der Waals surface area contributed by atoms with Gasteiger partial charge in [0.25, 0.3) is 0 Å². The van der Waals surface area contributed by atoms with Crippen molar-refractivity contribution in [2.24, 2.45) is 0 Å². The van der Waals surface area contributed by atoms with Gasteiger partial charge in [-0.25, -0.2) is 0 Å². The van der Waals surface area contributed by atoms with Crippen LogP contribution < -0.4 is 17.7 Å². The zero-order valence-corrected chi connectivity index (χ0v) is 9.48. The second kappa shape index (κ2) is 7.33. The van der Waals surface area contributed by atoms with Crippen LogP contribution in [-0.2, 0) is 6.54 Å². The molecule has 1 aromatic carbocycles. The Balaban J connectivity index is 0.00000144. The maximum atomic E-state index is 8.53. The van der Waals surface area contributed by atoms with E-state index in [2.05, 4.69) is 33.4 Å². The van der Waals surface area contributed by atoms with Crippen LogP contribution in [0.5, 0.6) is 0 Å². The molecule has 0 amide bonds. The molecule has 0 fully saturated rings. The Hall–Kier alpha value is -0.0900. The molecule has 0 saturated heterocycles. The van der Waals surface area contributed by atoms with Gasteiger partial charge >= 0.3 is 0 Å². The summed E-state index contributed by atoms with van der Waals surface area (Å²) in [4.78, 5) is 0. The molecule has 1 rings (SSSR count). The first kappa shape index (κ1) is 12.9. The molecule has 0 radical (unpaired) electrons. The van der Waals surface area contributed by atoms with Crippen molar-refractivity contribution in [2.75, 3.05) is 13.2 Å². The monoisotopic (exact) mass is 264 g/mol. The number of rotatable bonds is 4. The summed E-state index contributed by atoms with van der Waals surface area (Å²) in [5.74, 6) is 0. The van der Waals surface area contributed by atoms with Crippen LogP contribution in [0, 0.1) is 0 Å². The Labute approximate surface area is 92.9 Å². The number of halogens is 2. The highest BCUT2D eigenvalue weighted by Gasteiger charge is 1.91. The number of hydrogen-bond donors (Lipinski definition) is 2. The summed E-state index contributed by atoms with van der Waals surface area (Å²) in [6, 6.07) is 8.11. The predicted molar refractivity (Wildman–Crippen MR) is 52.9 cm³/mol. The minimum Gasteiger partial charge on any atom is -1.00 e. The quantitative estimate of drug-likeness (QED) is 0.652. The summed E-state index contributed by atoms with van der Waals surface area (Å²) in [7, 11) is 0. The highest BCUT2D eigenvalue weighted by atomic mass is 79.9. The van der Waals surface area contributed by atoms with Crippen molar-refractivity contribution in [1.29, 1.82) is 0 Å². The minimum absolute atomic E-state index is 0. The van der Waals surface area contributed by atoms with E-state index in [1.54, 1.807) is 0 Å². The van der Waals surface area contributed by atoms with Crippen LogP contribution in [0.1, 0.15) is 5.56 Å². The van der Waals surface area contributed by atoms with E-state index in [1.165, 1.54) is 5.56 Å². The third-order valence-electron chi connectivity index (χ3n) is 1.51. The lowest BCUT2D eigenvalue weighted by molar-refractivity contribution is -0.00000344. The Morgan fingerprint density at radius 1 is 1.38 bits per heavy atom. The molecule has 0 aliphatic heterocycles. The van der Waals surface area contributed by atoms with Crippen LogP contribution in [0.4, 0.5) is 0 Å². The minimum atomic E-state index is 0. The number of benzene rings is 1. The van der Waals surface area contributed by atoms with Crippen molar-refractivity contribution in [1.82, 2.24) is 5.32 Å². The van der Waals surface area contributed by atoms with Gasteiger partial charge in [0.05, 0.1) is 6.61 Å². The first-order valence-electron chi connectivity index (χ1n) is 3.89. The zero-order chi connectivity index (χ0) is 8.81. The fourth-order valence-corrected chi connectivity index (χ4v) is 1.41. The third kappa shape index (κ3) is 5.26. The van der Waals surface area contributed by atoms with Crippen LogP contribution in [-0.4, -0.2) is 18.3 Å². The van der Waals surface area contributed by atoms with E-state index in [0.29, 0.717) is 6.54 Å². The van der Waals surface area contributed by atoms with Crippen molar-refractivity contribution >= 4 is 15.9 Å². The Bertz CT molecular complexity index is 245. The summed E-state index contributed by atoms with van der Waals surface area (Å²) in [5.41, 5.74) is 1.22. The molecule has 0 heterocycles. The van der Waals surface area contributed by atoms with Gasteiger partial charge in [-0.3, -0.25) is 0 Å². The molecular weight excluding hydrogens is 253 g/mol. The van der Waals surface area contributed by atoms with Gasteiger partial charge < -0.3 is 22.8 Å². The molecule has 0 spiro atoms. The molecule has 0 aliphatic carbocycles. The fraction of sp³-hybridized carbons (Fsp3) is 0.333. The number of nitrogens with one attached hydrogen (secondary N) is 1. The number of hydrogen-bond acceptors (Lipinski definition) is 2. The van der Waals surface area contributed by atoms with E-state index >= 15 is 0 Å². The van der Waals surface area contributed by atoms with Gasteiger partial charge in [-0.05, 0) is 17.7 Å². The van der Waals surface area contributed by atoms with Gasteiger partial charge in [0, 0.05) is 17.6 Å². The Kier molecular flexibility index (Phi) is 7.28. The average molecular weight is 266 g/mol. The molecule has 74 valence electrons. The number of aliphatic hydroxyl groups excluding tert-OH is 1. The Morgan fingerprint density at radius 3 is 2.77 bits per heavy atom. The predicted octanol–water partition coefficient (Wildman–Crippen LogP) is -1.46. The molecule has 0 saturated carbocycles. The second-order valence-electron chi connectivity index (χ2n) is 2.53. The van der Waals surface area contributed by atoms with Crippen molar-refractivity contribution < 1.29 is 17.5 Å².